The Balaban J connectivity index is 1.47. The van der Waals surface area contributed by atoms with Gasteiger partial charge in [-0.1, -0.05) is 12.1 Å². The van der Waals surface area contributed by atoms with Crippen LogP contribution in [-0.2, 0) is 17.8 Å². The molecule has 0 saturated carbocycles. The number of rotatable bonds is 5. The van der Waals surface area contributed by atoms with Gasteiger partial charge in [-0.3, -0.25) is 4.79 Å². The van der Waals surface area contributed by atoms with Crippen molar-refractivity contribution in [3.63, 3.8) is 0 Å². The molecule has 29 heavy (non-hydrogen) atoms. The average Bonchev–Trinajstić information content (AvgIpc) is 3.30. The van der Waals surface area contributed by atoms with Crippen LogP contribution in [0.2, 0.25) is 0 Å². The molecule has 0 aliphatic heterocycles. The van der Waals surface area contributed by atoms with Gasteiger partial charge in [0, 0.05) is 24.9 Å². The number of carbonyl (C=O) groups excluding carboxylic acids is 1. The number of hydrogen-bond donors (Lipinski definition) is 0. The lowest BCUT2D eigenvalue weighted by atomic mass is 10.1. The summed E-state index contributed by atoms with van der Waals surface area (Å²) in [6, 6.07) is 10.1. The van der Waals surface area contributed by atoms with Crippen LogP contribution in [0, 0.1) is 25.2 Å². The fourth-order valence-electron chi connectivity index (χ4n) is 3.45. The second-order valence-corrected chi connectivity index (χ2v) is 8.11. The molecule has 7 nitrogen and oxygen atoms in total. The van der Waals surface area contributed by atoms with Gasteiger partial charge in [0.1, 0.15) is 16.6 Å². The largest absolute Gasteiger partial charge is 0.339 e. The lowest BCUT2D eigenvalue weighted by molar-refractivity contribution is -0.130. The summed E-state index contributed by atoms with van der Waals surface area (Å²) in [5, 5.41) is 14.4. The topological polar surface area (TPSA) is 87.2 Å². The molecule has 0 saturated heterocycles. The van der Waals surface area contributed by atoms with Crippen LogP contribution in [0.4, 0.5) is 0 Å². The zero-order chi connectivity index (χ0) is 20.5. The van der Waals surface area contributed by atoms with E-state index in [0.717, 1.165) is 32.2 Å². The third kappa shape index (κ3) is 3.57. The third-order valence-corrected chi connectivity index (χ3v) is 6.08. The number of aryl methyl sites for hydroxylation is 2. The normalized spacial score (nSPS) is 11.1. The van der Waals surface area contributed by atoms with Crippen molar-refractivity contribution in [2.45, 2.75) is 33.2 Å². The summed E-state index contributed by atoms with van der Waals surface area (Å²) in [4.78, 5) is 23.5. The summed E-state index contributed by atoms with van der Waals surface area (Å²) in [7, 11) is 1.81. The molecular weight excluding hydrogens is 384 g/mol. The van der Waals surface area contributed by atoms with Gasteiger partial charge in [0.25, 0.3) is 0 Å². The van der Waals surface area contributed by atoms with Crippen LogP contribution in [-0.4, -0.2) is 37.4 Å². The van der Waals surface area contributed by atoms with Crippen LogP contribution >= 0.6 is 11.3 Å². The Hall–Kier alpha value is -3.31. The molecule has 0 aliphatic rings. The van der Waals surface area contributed by atoms with Crippen LogP contribution in [0.3, 0.4) is 0 Å². The van der Waals surface area contributed by atoms with E-state index in [2.05, 4.69) is 21.1 Å². The van der Waals surface area contributed by atoms with Gasteiger partial charge < -0.3 is 4.90 Å². The molecule has 0 fully saturated rings. The molecule has 0 unspecified atom stereocenters. The SMILES string of the molecule is Cc1nc2c(C#N)cnn2c(C)c1CCC(=O)N(C)Cc1nc2ccccc2s1. The number of nitriles is 1. The molecule has 1 aromatic carbocycles. The quantitative estimate of drug-likeness (QED) is 0.509. The van der Waals surface area contributed by atoms with E-state index in [-0.39, 0.29) is 5.91 Å². The highest BCUT2D eigenvalue weighted by molar-refractivity contribution is 7.18. The van der Waals surface area contributed by atoms with Gasteiger partial charge in [-0.05, 0) is 38.0 Å². The Morgan fingerprint density at radius 2 is 2.07 bits per heavy atom. The maximum absolute atomic E-state index is 12.7. The van der Waals surface area contributed by atoms with Crippen molar-refractivity contribution >= 4 is 33.1 Å². The molecule has 0 spiro atoms. The van der Waals surface area contributed by atoms with Gasteiger partial charge in [-0.15, -0.1) is 11.3 Å². The second kappa shape index (κ2) is 7.60. The Morgan fingerprint density at radius 3 is 2.83 bits per heavy atom. The van der Waals surface area contributed by atoms with Crippen molar-refractivity contribution in [2.75, 3.05) is 7.05 Å². The second-order valence-electron chi connectivity index (χ2n) is 6.99. The summed E-state index contributed by atoms with van der Waals surface area (Å²) in [5.74, 6) is 0.0568. The maximum atomic E-state index is 12.7. The summed E-state index contributed by atoms with van der Waals surface area (Å²) < 4.78 is 2.81. The van der Waals surface area contributed by atoms with Crippen molar-refractivity contribution in [1.82, 2.24) is 24.5 Å². The lowest BCUT2D eigenvalue weighted by Crippen LogP contribution is -2.26. The van der Waals surface area contributed by atoms with Gasteiger partial charge in [-0.25, -0.2) is 14.5 Å². The van der Waals surface area contributed by atoms with E-state index in [0.29, 0.717) is 30.6 Å². The van der Waals surface area contributed by atoms with Crippen LogP contribution in [0.5, 0.6) is 0 Å². The zero-order valence-electron chi connectivity index (χ0n) is 16.5. The van der Waals surface area contributed by atoms with Gasteiger partial charge in [-0.2, -0.15) is 10.4 Å². The molecule has 0 atom stereocenters. The van der Waals surface area contributed by atoms with Gasteiger partial charge in [0.15, 0.2) is 5.65 Å². The molecule has 3 aromatic heterocycles. The summed E-state index contributed by atoms with van der Waals surface area (Å²) in [6.45, 7) is 4.35. The fourth-order valence-corrected chi connectivity index (χ4v) is 4.47. The Labute approximate surface area is 172 Å². The molecule has 0 radical (unpaired) electrons. The monoisotopic (exact) mass is 404 g/mol. The average molecular weight is 404 g/mol. The standard InChI is InChI=1S/C21H20N6OS/c1-13-16(14(2)27-21(24-13)15(10-22)11-23-27)8-9-20(28)26(3)12-19-25-17-6-4-5-7-18(17)29-19/h4-7,11H,8-9,12H2,1-3H3. The van der Waals surface area contributed by atoms with Crippen LogP contribution in [0.1, 0.15) is 33.9 Å². The number of aromatic nitrogens is 4. The van der Waals surface area contributed by atoms with Crippen molar-refractivity contribution in [3.8, 4) is 6.07 Å². The number of hydrogen-bond acceptors (Lipinski definition) is 6. The minimum Gasteiger partial charge on any atom is -0.339 e. The highest BCUT2D eigenvalue weighted by atomic mass is 32.1. The molecular formula is C21H20N6OS. The first-order chi connectivity index (χ1) is 14.0. The van der Waals surface area contributed by atoms with Crippen LogP contribution in [0.15, 0.2) is 30.5 Å². The van der Waals surface area contributed by atoms with E-state index in [1.165, 1.54) is 6.20 Å². The summed E-state index contributed by atoms with van der Waals surface area (Å²) in [6.07, 6.45) is 2.48. The number of para-hydroxylation sites is 1. The van der Waals surface area contributed by atoms with Crippen LogP contribution < -0.4 is 0 Å². The van der Waals surface area contributed by atoms with E-state index in [9.17, 15) is 10.1 Å². The van der Waals surface area contributed by atoms with E-state index < -0.39 is 0 Å². The molecule has 0 aliphatic carbocycles. The van der Waals surface area contributed by atoms with Crippen molar-refractivity contribution in [2.24, 2.45) is 0 Å². The van der Waals surface area contributed by atoms with E-state index >= 15 is 0 Å². The number of amides is 1. The number of thiazole rings is 1. The Kier molecular flexibility index (Phi) is 4.99. The number of fused-ring (bicyclic) bond motifs is 2. The van der Waals surface area contributed by atoms with Gasteiger partial charge >= 0.3 is 0 Å². The minimum absolute atomic E-state index is 0.0568. The van der Waals surface area contributed by atoms with Gasteiger partial charge in [0.05, 0.1) is 23.0 Å². The maximum Gasteiger partial charge on any atom is 0.223 e. The molecule has 4 rings (SSSR count). The molecule has 0 bridgehead atoms. The lowest BCUT2D eigenvalue weighted by Gasteiger charge is -2.17. The molecule has 8 heteroatoms. The smallest absolute Gasteiger partial charge is 0.223 e. The third-order valence-electron chi connectivity index (χ3n) is 5.05. The minimum atomic E-state index is 0.0568. The zero-order valence-corrected chi connectivity index (χ0v) is 17.3. The Bertz CT molecular complexity index is 1230. The fraction of sp³-hybridized carbons (Fsp3) is 0.286. The summed E-state index contributed by atoms with van der Waals surface area (Å²) in [5.41, 5.74) is 4.71. The van der Waals surface area contributed by atoms with Crippen molar-refractivity contribution < 1.29 is 4.79 Å². The van der Waals surface area contributed by atoms with Gasteiger partial charge in [0.2, 0.25) is 5.91 Å². The first-order valence-electron chi connectivity index (χ1n) is 9.30. The first-order valence-corrected chi connectivity index (χ1v) is 10.1. The number of carbonyl (C=O) groups is 1. The predicted molar refractivity (Wildman–Crippen MR) is 112 cm³/mol. The van der Waals surface area contributed by atoms with E-state index in [1.807, 2.05) is 45.2 Å². The van der Waals surface area contributed by atoms with E-state index in [1.54, 1.807) is 20.8 Å². The Morgan fingerprint density at radius 1 is 1.28 bits per heavy atom. The van der Waals surface area contributed by atoms with Crippen molar-refractivity contribution in [3.05, 3.63) is 58.0 Å². The molecule has 1 amide bonds. The molecule has 146 valence electrons. The number of benzene rings is 1. The van der Waals surface area contributed by atoms with Crippen molar-refractivity contribution in [1.29, 1.82) is 5.26 Å². The van der Waals surface area contributed by atoms with Crippen LogP contribution in [0.25, 0.3) is 15.9 Å². The highest BCUT2D eigenvalue weighted by Crippen LogP contribution is 2.23. The summed E-state index contributed by atoms with van der Waals surface area (Å²) >= 11 is 1.62. The number of nitrogens with zero attached hydrogens (tertiary/aromatic N) is 6. The van der Waals surface area contributed by atoms with E-state index in [4.69, 9.17) is 0 Å². The molecule has 4 aromatic rings. The molecule has 3 heterocycles. The first kappa shape index (κ1) is 19.0. The predicted octanol–water partition coefficient (Wildman–Crippen LogP) is 3.42. The molecule has 0 N–H and O–H groups in total. The highest BCUT2D eigenvalue weighted by Gasteiger charge is 2.17.